The molecule has 0 radical (unpaired) electrons. The zero-order valence-corrected chi connectivity index (χ0v) is 13.4. The summed E-state index contributed by atoms with van der Waals surface area (Å²) in [6.07, 6.45) is 0.739. The van der Waals surface area contributed by atoms with Crippen molar-refractivity contribution in [2.24, 2.45) is 11.8 Å². The van der Waals surface area contributed by atoms with Crippen molar-refractivity contribution in [3.63, 3.8) is 0 Å². The number of carboxylic acid groups (broad SMARTS) is 1. The molecule has 0 amide bonds. The summed E-state index contributed by atoms with van der Waals surface area (Å²) in [5.41, 5.74) is 0.917. The lowest BCUT2D eigenvalue weighted by Crippen LogP contribution is -2.42. The van der Waals surface area contributed by atoms with Crippen LogP contribution in [0.1, 0.15) is 13.3 Å². The largest absolute Gasteiger partial charge is 0.481 e. The van der Waals surface area contributed by atoms with Gasteiger partial charge in [-0.1, -0.05) is 19.1 Å². The number of hydrogen-bond donors (Lipinski definition) is 1. The molecule has 1 aliphatic rings. The van der Waals surface area contributed by atoms with Gasteiger partial charge < -0.3 is 10.0 Å². The second-order valence-electron chi connectivity index (χ2n) is 5.76. The van der Waals surface area contributed by atoms with Gasteiger partial charge >= 0.3 is 5.97 Å². The van der Waals surface area contributed by atoms with Crippen molar-refractivity contribution in [2.45, 2.75) is 13.3 Å². The molecule has 2 atom stereocenters. The van der Waals surface area contributed by atoms with Crippen molar-refractivity contribution in [2.75, 3.05) is 18.0 Å². The number of anilines is 1. The first kappa shape index (κ1) is 14.3. The molecule has 110 valence electrons. The third-order valence-electron chi connectivity index (χ3n) is 3.99. The van der Waals surface area contributed by atoms with Crippen molar-refractivity contribution in [3.8, 4) is 0 Å². The summed E-state index contributed by atoms with van der Waals surface area (Å²) in [5, 5.41) is 10.4. The predicted molar refractivity (Wildman–Crippen MR) is 86.6 cm³/mol. The number of piperidine rings is 1. The van der Waals surface area contributed by atoms with Crippen molar-refractivity contribution < 1.29 is 9.90 Å². The highest BCUT2D eigenvalue weighted by atomic mass is 79.9. The van der Waals surface area contributed by atoms with Crippen molar-refractivity contribution in [1.29, 1.82) is 0 Å². The number of fused-ring (bicyclic) bond motifs is 1. The molecule has 2 heterocycles. The Morgan fingerprint density at radius 3 is 2.90 bits per heavy atom. The molecule has 1 fully saturated rings. The van der Waals surface area contributed by atoms with Gasteiger partial charge in [0.2, 0.25) is 0 Å². The predicted octanol–water partition coefficient (Wildman–Crippen LogP) is 3.54. The van der Waals surface area contributed by atoms with Crippen LogP contribution in [-0.2, 0) is 4.79 Å². The third kappa shape index (κ3) is 2.88. The van der Waals surface area contributed by atoms with E-state index in [4.69, 9.17) is 4.98 Å². The normalized spacial score (nSPS) is 22.5. The fraction of sp³-hybridized carbons (Fsp3) is 0.375. The molecule has 1 aromatic heterocycles. The maximum absolute atomic E-state index is 11.3. The summed E-state index contributed by atoms with van der Waals surface area (Å²) in [4.78, 5) is 18.1. The molecular weight excluding hydrogens is 332 g/mol. The molecule has 0 saturated carbocycles. The molecule has 5 heteroatoms. The Labute approximate surface area is 131 Å². The smallest absolute Gasteiger partial charge is 0.308 e. The lowest BCUT2D eigenvalue weighted by atomic mass is 9.90. The molecule has 1 N–H and O–H groups in total. The fourth-order valence-corrected chi connectivity index (χ4v) is 3.46. The van der Waals surface area contributed by atoms with Crippen molar-refractivity contribution in [3.05, 3.63) is 34.8 Å². The van der Waals surface area contributed by atoms with Crippen LogP contribution in [0.3, 0.4) is 0 Å². The average Bonchev–Trinajstić information content (AvgIpc) is 2.46. The van der Waals surface area contributed by atoms with Crippen LogP contribution in [0.2, 0.25) is 0 Å². The summed E-state index contributed by atoms with van der Waals surface area (Å²) in [6.45, 7) is 3.48. The SMILES string of the molecule is CC1CC(C(=O)O)CN(c2ccc3cccc(Br)c3n2)C1. The topological polar surface area (TPSA) is 53.4 Å². The number of nitrogens with zero attached hydrogens (tertiary/aromatic N) is 2. The number of carboxylic acids is 1. The van der Waals surface area contributed by atoms with Gasteiger partial charge in [-0.15, -0.1) is 0 Å². The van der Waals surface area contributed by atoms with Gasteiger partial charge in [0.25, 0.3) is 0 Å². The molecule has 3 rings (SSSR count). The molecule has 21 heavy (non-hydrogen) atoms. The van der Waals surface area contributed by atoms with Gasteiger partial charge in [-0.2, -0.15) is 0 Å². The third-order valence-corrected chi connectivity index (χ3v) is 4.63. The fourth-order valence-electron chi connectivity index (χ4n) is 2.99. The van der Waals surface area contributed by atoms with Crippen LogP contribution in [0.15, 0.2) is 34.8 Å². The molecule has 0 spiro atoms. The first-order valence-electron chi connectivity index (χ1n) is 7.07. The zero-order valence-electron chi connectivity index (χ0n) is 11.8. The van der Waals surface area contributed by atoms with Gasteiger partial charge in [0, 0.05) is 22.9 Å². The molecule has 1 aromatic carbocycles. The number of para-hydroxylation sites is 1. The van der Waals surface area contributed by atoms with Gasteiger partial charge in [-0.05, 0) is 46.5 Å². The first-order chi connectivity index (χ1) is 10.0. The highest BCUT2D eigenvalue weighted by Gasteiger charge is 2.30. The maximum atomic E-state index is 11.3. The van der Waals surface area contributed by atoms with E-state index in [9.17, 15) is 9.90 Å². The molecule has 4 nitrogen and oxygen atoms in total. The van der Waals surface area contributed by atoms with Crippen LogP contribution in [0.25, 0.3) is 10.9 Å². The summed E-state index contributed by atoms with van der Waals surface area (Å²) >= 11 is 3.53. The first-order valence-corrected chi connectivity index (χ1v) is 7.87. The number of halogens is 1. The zero-order chi connectivity index (χ0) is 15.0. The van der Waals surface area contributed by atoms with E-state index >= 15 is 0 Å². The van der Waals surface area contributed by atoms with E-state index in [1.165, 1.54) is 0 Å². The van der Waals surface area contributed by atoms with Crippen molar-refractivity contribution >= 4 is 38.6 Å². The van der Waals surface area contributed by atoms with E-state index in [0.29, 0.717) is 12.5 Å². The number of rotatable bonds is 2. The van der Waals surface area contributed by atoms with Crippen LogP contribution in [0.4, 0.5) is 5.82 Å². The number of hydrogen-bond acceptors (Lipinski definition) is 3. The Bertz CT molecular complexity index is 689. The second kappa shape index (κ2) is 5.64. The van der Waals surface area contributed by atoms with Crippen molar-refractivity contribution in [1.82, 2.24) is 4.98 Å². The van der Waals surface area contributed by atoms with Crippen LogP contribution in [0, 0.1) is 11.8 Å². The summed E-state index contributed by atoms with van der Waals surface area (Å²) < 4.78 is 0.960. The van der Waals surface area contributed by atoms with E-state index in [1.54, 1.807) is 0 Å². The van der Waals surface area contributed by atoms with E-state index in [2.05, 4.69) is 27.8 Å². The molecule has 1 saturated heterocycles. The summed E-state index contributed by atoms with van der Waals surface area (Å²) in [5.74, 6) is 0.183. The standard InChI is InChI=1S/C16H17BrN2O2/c1-10-7-12(16(20)21)9-19(8-10)14-6-5-11-3-2-4-13(17)15(11)18-14/h2-6,10,12H,7-9H2,1H3,(H,20,21). The molecule has 0 bridgehead atoms. The van der Waals surface area contributed by atoms with Crippen LogP contribution in [0.5, 0.6) is 0 Å². The Morgan fingerprint density at radius 2 is 2.14 bits per heavy atom. The molecule has 0 aliphatic carbocycles. The van der Waals surface area contributed by atoms with E-state index in [0.717, 1.165) is 34.2 Å². The molecule has 2 unspecified atom stereocenters. The van der Waals surface area contributed by atoms with E-state index in [1.807, 2.05) is 30.3 Å². The number of carbonyl (C=O) groups is 1. The Hall–Kier alpha value is -1.62. The highest BCUT2D eigenvalue weighted by molar-refractivity contribution is 9.10. The summed E-state index contributed by atoms with van der Waals surface area (Å²) in [7, 11) is 0. The highest BCUT2D eigenvalue weighted by Crippen LogP contribution is 2.29. The second-order valence-corrected chi connectivity index (χ2v) is 6.62. The monoisotopic (exact) mass is 348 g/mol. The van der Waals surface area contributed by atoms with Gasteiger partial charge in [0.05, 0.1) is 11.4 Å². The number of aromatic nitrogens is 1. The average molecular weight is 349 g/mol. The lowest BCUT2D eigenvalue weighted by Gasteiger charge is -2.35. The van der Waals surface area contributed by atoms with E-state index in [-0.39, 0.29) is 5.92 Å². The molecular formula is C16H17BrN2O2. The van der Waals surface area contributed by atoms with Gasteiger partial charge in [-0.3, -0.25) is 4.79 Å². The quantitative estimate of drug-likeness (QED) is 0.901. The number of benzene rings is 1. The van der Waals surface area contributed by atoms with Gasteiger partial charge in [-0.25, -0.2) is 4.98 Å². The Kier molecular flexibility index (Phi) is 3.85. The minimum atomic E-state index is -0.714. The maximum Gasteiger partial charge on any atom is 0.308 e. The number of pyridine rings is 1. The lowest BCUT2D eigenvalue weighted by molar-refractivity contribution is -0.142. The van der Waals surface area contributed by atoms with Gasteiger partial charge in [0.15, 0.2) is 0 Å². The summed E-state index contributed by atoms with van der Waals surface area (Å²) in [6, 6.07) is 9.99. The molecule has 1 aliphatic heterocycles. The Balaban J connectivity index is 1.95. The van der Waals surface area contributed by atoms with Crippen LogP contribution in [-0.4, -0.2) is 29.1 Å². The number of aliphatic carboxylic acids is 1. The molecule has 2 aromatic rings. The van der Waals surface area contributed by atoms with Crippen LogP contribution < -0.4 is 4.90 Å². The van der Waals surface area contributed by atoms with E-state index < -0.39 is 5.97 Å². The minimum Gasteiger partial charge on any atom is -0.481 e. The minimum absolute atomic E-state index is 0.314. The van der Waals surface area contributed by atoms with Gasteiger partial charge in [0.1, 0.15) is 5.82 Å². The van der Waals surface area contributed by atoms with Crippen LogP contribution >= 0.6 is 15.9 Å². The Morgan fingerprint density at radius 1 is 1.33 bits per heavy atom.